The number of imidazole rings is 1. The quantitative estimate of drug-likeness (QED) is 0.365. The Morgan fingerprint density at radius 3 is 2.52 bits per heavy atom. The average molecular weight is 275 g/mol. The predicted octanol–water partition coefficient (Wildman–Crippen LogP) is 4.10. The van der Waals surface area contributed by atoms with E-state index in [9.17, 15) is 0 Å². The number of rotatable bonds is 1. The molecule has 104 valence electrons. The van der Waals surface area contributed by atoms with Gasteiger partial charge < -0.3 is 0 Å². The van der Waals surface area contributed by atoms with E-state index in [-0.39, 0.29) is 0 Å². The van der Waals surface area contributed by atoms with E-state index >= 15 is 0 Å². The average Bonchev–Trinajstić information content (AvgIpc) is 2.76. The van der Waals surface area contributed by atoms with Gasteiger partial charge >= 0.3 is 0 Å². The van der Waals surface area contributed by atoms with Crippen molar-refractivity contribution in [2.75, 3.05) is 0 Å². The summed E-state index contributed by atoms with van der Waals surface area (Å²) in [6.45, 7) is 5.39. The minimum atomic E-state index is 0.999. The number of benzene rings is 3. The van der Waals surface area contributed by atoms with Crippen LogP contribution in [0.15, 0.2) is 48.5 Å². The summed E-state index contributed by atoms with van der Waals surface area (Å²) in [6, 6.07) is 17.7. The van der Waals surface area contributed by atoms with Crippen molar-refractivity contribution in [2.24, 2.45) is 7.05 Å². The molecule has 0 fully saturated rings. The number of nitrogens with zero attached hydrogens (tertiary/aromatic N) is 2. The summed E-state index contributed by atoms with van der Waals surface area (Å²) < 4.78 is 4.67. The molecule has 0 N–H and O–H groups in total. The maximum atomic E-state index is 2.39. The van der Waals surface area contributed by atoms with Crippen LogP contribution in [0.5, 0.6) is 0 Å². The highest BCUT2D eigenvalue weighted by Crippen LogP contribution is 2.29. The first-order valence-corrected chi connectivity index (χ1v) is 7.51. The van der Waals surface area contributed by atoms with E-state index in [4.69, 9.17) is 0 Å². The molecule has 3 aromatic carbocycles. The number of fused-ring (bicyclic) bond motifs is 4. The number of aromatic nitrogens is 2. The highest BCUT2D eigenvalue weighted by molar-refractivity contribution is 6.10. The van der Waals surface area contributed by atoms with Gasteiger partial charge in [-0.1, -0.05) is 36.4 Å². The second-order valence-corrected chi connectivity index (χ2v) is 5.70. The fourth-order valence-corrected chi connectivity index (χ4v) is 3.45. The third-order valence-electron chi connectivity index (χ3n) is 4.68. The third-order valence-corrected chi connectivity index (χ3v) is 4.68. The fourth-order valence-electron chi connectivity index (χ4n) is 3.45. The molecule has 4 rings (SSSR count). The zero-order valence-corrected chi connectivity index (χ0v) is 12.7. The Balaban J connectivity index is 2.24. The molecule has 0 spiro atoms. The van der Waals surface area contributed by atoms with Gasteiger partial charge in [-0.2, -0.15) is 0 Å². The van der Waals surface area contributed by atoms with Crippen LogP contribution in [-0.4, -0.2) is 4.57 Å². The van der Waals surface area contributed by atoms with Crippen LogP contribution in [0.25, 0.3) is 32.6 Å². The Kier molecular flexibility index (Phi) is 2.55. The van der Waals surface area contributed by atoms with E-state index < -0.39 is 0 Å². The largest absolute Gasteiger partial charge is 0.253 e. The molecule has 1 aromatic heterocycles. The Hall–Kier alpha value is -2.35. The molecule has 4 aromatic rings. The molecule has 0 aliphatic rings. The molecule has 21 heavy (non-hydrogen) atoms. The molecule has 0 unspecified atom stereocenters. The molecule has 0 radical (unpaired) electrons. The summed E-state index contributed by atoms with van der Waals surface area (Å²) in [4.78, 5) is 0. The van der Waals surface area contributed by atoms with Gasteiger partial charge in [0, 0.05) is 6.92 Å². The van der Waals surface area contributed by atoms with Gasteiger partial charge in [0.2, 0.25) is 0 Å². The van der Waals surface area contributed by atoms with Crippen LogP contribution in [-0.2, 0) is 13.6 Å². The molecular formula is C19H19N2+. The van der Waals surface area contributed by atoms with Crippen LogP contribution in [0.2, 0.25) is 0 Å². The van der Waals surface area contributed by atoms with Gasteiger partial charge in [0.05, 0.1) is 13.6 Å². The lowest BCUT2D eigenvalue weighted by Gasteiger charge is -2.03. The lowest BCUT2D eigenvalue weighted by Crippen LogP contribution is -2.30. The predicted molar refractivity (Wildman–Crippen MR) is 88.5 cm³/mol. The lowest BCUT2D eigenvalue weighted by molar-refractivity contribution is -0.652. The zero-order chi connectivity index (χ0) is 14.6. The van der Waals surface area contributed by atoms with E-state index in [1.807, 2.05) is 0 Å². The molecule has 1 heterocycles. The first-order chi connectivity index (χ1) is 10.2. The summed E-state index contributed by atoms with van der Waals surface area (Å²) in [5.74, 6) is 1.30. The molecule has 0 amide bonds. The van der Waals surface area contributed by atoms with Crippen molar-refractivity contribution in [3.63, 3.8) is 0 Å². The van der Waals surface area contributed by atoms with Crippen LogP contribution in [0.1, 0.15) is 12.7 Å². The number of hydrogen-bond acceptors (Lipinski definition) is 0. The molecular weight excluding hydrogens is 256 g/mol. The number of aryl methyl sites for hydroxylation is 2. The SMILES string of the molecule is CCn1c(C)[n+](C)c2cc3ccc4ccccc4c3cc21. The minimum Gasteiger partial charge on any atom is -0.230 e. The van der Waals surface area contributed by atoms with Gasteiger partial charge in [0.15, 0.2) is 11.0 Å². The Bertz CT molecular complexity index is 993. The maximum absolute atomic E-state index is 2.39. The fraction of sp³-hybridized carbons (Fsp3) is 0.211. The molecule has 0 aliphatic heterocycles. The van der Waals surface area contributed by atoms with Crippen molar-refractivity contribution >= 4 is 32.6 Å². The molecule has 2 heteroatoms. The van der Waals surface area contributed by atoms with Gasteiger partial charge in [0.1, 0.15) is 0 Å². The smallest absolute Gasteiger partial charge is 0.230 e. The Morgan fingerprint density at radius 2 is 1.71 bits per heavy atom. The second kappa shape index (κ2) is 4.32. The summed E-state index contributed by atoms with van der Waals surface area (Å²) in [5, 5.41) is 5.29. The normalized spacial score (nSPS) is 11.8. The van der Waals surface area contributed by atoms with Crippen LogP contribution in [0, 0.1) is 6.92 Å². The van der Waals surface area contributed by atoms with Crippen LogP contribution in [0.4, 0.5) is 0 Å². The van der Waals surface area contributed by atoms with Gasteiger partial charge in [-0.15, -0.1) is 0 Å². The van der Waals surface area contributed by atoms with Crippen molar-refractivity contribution in [2.45, 2.75) is 20.4 Å². The van der Waals surface area contributed by atoms with E-state index in [1.54, 1.807) is 0 Å². The molecule has 0 aliphatic carbocycles. The van der Waals surface area contributed by atoms with E-state index in [0.29, 0.717) is 0 Å². The Labute approximate surface area is 124 Å². The third kappa shape index (κ3) is 1.62. The first kappa shape index (κ1) is 12.4. The molecule has 2 nitrogen and oxygen atoms in total. The molecule has 0 saturated carbocycles. The van der Waals surface area contributed by atoms with Gasteiger partial charge in [-0.25, -0.2) is 9.13 Å². The van der Waals surface area contributed by atoms with Crippen LogP contribution in [0.3, 0.4) is 0 Å². The van der Waals surface area contributed by atoms with Crippen LogP contribution < -0.4 is 4.57 Å². The summed E-state index contributed by atoms with van der Waals surface area (Å²) in [5.41, 5.74) is 2.62. The van der Waals surface area contributed by atoms with Crippen molar-refractivity contribution in [3.8, 4) is 0 Å². The zero-order valence-electron chi connectivity index (χ0n) is 12.7. The monoisotopic (exact) mass is 275 g/mol. The lowest BCUT2D eigenvalue weighted by atomic mass is 10.0. The van der Waals surface area contributed by atoms with Gasteiger partial charge in [-0.05, 0) is 40.6 Å². The summed E-state index contributed by atoms with van der Waals surface area (Å²) in [7, 11) is 2.15. The standard InChI is InChI=1S/C19H19N2/c1-4-21-13(2)20(3)18-11-15-10-9-14-7-5-6-8-16(14)17(15)12-19(18)21/h5-12H,4H2,1-3H3/q+1. The summed E-state index contributed by atoms with van der Waals surface area (Å²) in [6.07, 6.45) is 0. The minimum absolute atomic E-state index is 0.999. The van der Waals surface area contributed by atoms with Crippen molar-refractivity contribution in [1.82, 2.24) is 4.57 Å². The van der Waals surface area contributed by atoms with E-state index in [2.05, 4.69) is 78.6 Å². The van der Waals surface area contributed by atoms with Gasteiger partial charge in [0.25, 0.3) is 5.82 Å². The topological polar surface area (TPSA) is 8.81 Å². The second-order valence-electron chi connectivity index (χ2n) is 5.70. The Morgan fingerprint density at radius 1 is 0.952 bits per heavy atom. The summed E-state index contributed by atoms with van der Waals surface area (Å²) >= 11 is 0. The van der Waals surface area contributed by atoms with Crippen LogP contribution >= 0.6 is 0 Å². The van der Waals surface area contributed by atoms with Crippen molar-refractivity contribution < 1.29 is 4.57 Å². The van der Waals surface area contributed by atoms with Crippen molar-refractivity contribution in [3.05, 3.63) is 54.4 Å². The van der Waals surface area contributed by atoms with E-state index in [0.717, 1.165) is 6.54 Å². The maximum Gasteiger partial charge on any atom is 0.253 e. The molecule has 0 saturated heterocycles. The molecule has 0 bridgehead atoms. The van der Waals surface area contributed by atoms with E-state index in [1.165, 1.54) is 38.4 Å². The highest BCUT2D eigenvalue weighted by atomic mass is 15.1. The highest BCUT2D eigenvalue weighted by Gasteiger charge is 2.18. The van der Waals surface area contributed by atoms with Crippen molar-refractivity contribution in [1.29, 1.82) is 0 Å². The van der Waals surface area contributed by atoms with Gasteiger partial charge in [-0.3, -0.25) is 0 Å². The number of hydrogen-bond donors (Lipinski definition) is 0. The molecule has 0 atom stereocenters. The first-order valence-electron chi connectivity index (χ1n) is 7.51.